The van der Waals surface area contributed by atoms with Gasteiger partial charge in [0.2, 0.25) is 5.75 Å². The number of hydrogen-bond acceptors (Lipinski definition) is 5. The average Bonchev–Trinajstić information content (AvgIpc) is 2.61. The highest BCUT2D eigenvalue weighted by Crippen LogP contribution is 2.40. The van der Waals surface area contributed by atoms with Gasteiger partial charge in [0, 0.05) is 0 Å². The van der Waals surface area contributed by atoms with E-state index in [0.29, 0.717) is 22.2 Å². The van der Waals surface area contributed by atoms with Crippen LogP contribution in [0.2, 0.25) is 0 Å². The van der Waals surface area contributed by atoms with Crippen molar-refractivity contribution < 1.29 is 19.0 Å². The van der Waals surface area contributed by atoms with Crippen molar-refractivity contribution in [2.45, 2.75) is 5.25 Å². The Morgan fingerprint density at radius 2 is 1.79 bits per heavy atom. The van der Waals surface area contributed by atoms with Gasteiger partial charge in [0.1, 0.15) is 0 Å². The molecule has 1 aromatic carbocycles. The second-order valence-corrected chi connectivity index (χ2v) is 6.27. The standard InChI is InChI=1S/C18H17NO4S/c1-21-13-8-11(9-14(22-2)17(13)23-3)10-16-18(20)19-12-6-4-5-7-15(12)24-16/h4-10,15H,1-3H3/b16-10+. The molecule has 24 heavy (non-hydrogen) atoms. The third-order valence-corrected chi connectivity index (χ3v) is 4.83. The first-order valence-corrected chi connectivity index (χ1v) is 8.20. The second-order valence-electron chi connectivity index (χ2n) is 5.09. The third-order valence-electron chi connectivity index (χ3n) is 3.64. The summed E-state index contributed by atoms with van der Waals surface area (Å²) >= 11 is 1.49. The van der Waals surface area contributed by atoms with Crippen LogP contribution in [0.4, 0.5) is 0 Å². The van der Waals surface area contributed by atoms with Crippen LogP contribution in [0.3, 0.4) is 0 Å². The van der Waals surface area contributed by atoms with Gasteiger partial charge in [0.15, 0.2) is 11.5 Å². The summed E-state index contributed by atoms with van der Waals surface area (Å²) in [6, 6.07) is 3.61. The summed E-state index contributed by atoms with van der Waals surface area (Å²) in [6.07, 6.45) is 9.54. The number of hydrogen-bond donors (Lipinski definition) is 0. The van der Waals surface area contributed by atoms with Crippen molar-refractivity contribution in [3.63, 3.8) is 0 Å². The number of allylic oxidation sites excluding steroid dienone is 3. The van der Waals surface area contributed by atoms with E-state index in [9.17, 15) is 4.79 Å². The molecular formula is C18H17NO4S. The number of rotatable bonds is 4. The van der Waals surface area contributed by atoms with Gasteiger partial charge in [-0.1, -0.05) is 18.2 Å². The first-order chi connectivity index (χ1) is 11.7. The maximum absolute atomic E-state index is 12.3. The van der Waals surface area contributed by atoms with Crippen LogP contribution in [0.1, 0.15) is 5.56 Å². The molecule has 2 aliphatic rings. The molecule has 1 aliphatic heterocycles. The summed E-state index contributed by atoms with van der Waals surface area (Å²) in [4.78, 5) is 17.0. The van der Waals surface area contributed by atoms with Gasteiger partial charge < -0.3 is 14.2 Å². The molecule has 1 aliphatic carbocycles. The zero-order chi connectivity index (χ0) is 17.1. The first kappa shape index (κ1) is 16.4. The van der Waals surface area contributed by atoms with Crippen molar-refractivity contribution in [2.24, 2.45) is 4.99 Å². The lowest BCUT2D eigenvalue weighted by atomic mass is 10.1. The van der Waals surface area contributed by atoms with Crippen molar-refractivity contribution in [1.29, 1.82) is 0 Å². The number of ether oxygens (including phenoxy) is 3. The van der Waals surface area contributed by atoms with Gasteiger partial charge in [-0.05, 0) is 29.8 Å². The van der Waals surface area contributed by atoms with Gasteiger partial charge in [0.05, 0.1) is 37.2 Å². The number of nitrogens with zero attached hydrogens (tertiary/aromatic N) is 1. The Labute approximate surface area is 144 Å². The number of aliphatic imine (C=N–C) groups is 1. The Balaban J connectivity index is 1.99. The zero-order valence-electron chi connectivity index (χ0n) is 13.6. The Kier molecular flexibility index (Phi) is 4.76. The van der Waals surface area contributed by atoms with Gasteiger partial charge in [-0.25, -0.2) is 4.99 Å². The van der Waals surface area contributed by atoms with Gasteiger partial charge in [-0.2, -0.15) is 0 Å². The lowest BCUT2D eigenvalue weighted by molar-refractivity contribution is -0.113. The highest BCUT2D eigenvalue weighted by molar-refractivity contribution is 8.05. The molecule has 0 saturated heterocycles. The molecule has 124 valence electrons. The predicted molar refractivity (Wildman–Crippen MR) is 96.2 cm³/mol. The van der Waals surface area contributed by atoms with Crippen LogP contribution in [0.25, 0.3) is 6.08 Å². The van der Waals surface area contributed by atoms with Gasteiger partial charge in [-0.15, -0.1) is 11.8 Å². The van der Waals surface area contributed by atoms with E-state index in [2.05, 4.69) is 4.99 Å². The highest BCUT2D eigenvalue weighted by atomic mass is 32.2. The molecule has 0 radical (unpaired) electrons. The van der Waals surface area contributed by atoms with E-state index >= 15 is 0 Å². The monoisotopic (exact) mass is 343 g/mol. The molecule has 0 aromatic heterocycles. The zero-order valence-corrected chi connectivity index (χ0v) is 14.4. The molecule has 1 atom stereocenters. The number of thioether (sulfide) groups is 1. The average molecular weight is 343 g/mol. The predicted octanol–water partition coefficient (Wildman–Crippen LogP) is 3.26. The summed E-state index contributed by atoms with van der Waals surface area (Å²) < 4.78 is 16.0. The van der Waals surface area contributed by atoms with E-state index < -0.39 is 0 Å². The molecule has 6 heteroatoms. The fourth-order valence-corrected chi connectivity index (χ4v) is 3.55. The minimum atomic E-state index is -0.236. The van der Waals surface area contributed by atoms with E-state index in [4.69, 9.17) is 14.2 Å². The molecule has 0 spiro atoms. The fourth-order valence-electron chi connectivity index (χ4n) is 2.50. The van der Waals surface area contributed by atoms with E-state index in [0.717, 1.165) is 11.3 Å². The van der Waals surface area contributed by atoms with Crippen LogP contribution in [0.15, 0.2) is 46.3 Å². The van der Waals surface area contributed by atoms with E-state index in [1.54, 1.807) is 39.5 Å². The van der Waals surface area contributed by atoms with Crippen LogP contribution >= 0.6 is 11.8 Å². The number of methoxy groups -OCH3 is 3. The Morgan fingerprint density at radius 3 is 2.42 bits per heavy atom. The van der Waals surface area contributed by atoms with Crippen molar-refractivity contribution in [1.82, 2.24) is 0 Å². The van der Waals surface area contributed by atoms with E-state index in [1.807, 2.05) is 24.3 Å². The molecule has 1 amide bonds. The van der Waals surface area contributed by atoms with Crippen molar-refractivity contribution in [3.8, 4) is 17.2 Å². The molecule has 0 bridgehead atoms. The molecular weight excluding hydrogens is 326 g/mol. The maximum atomic E-state index is 12.3. The van der Waals surface area contributed by atoms with Crippen LogP contribution in [-0.2, 0) is 4.79 Å². The minimum absolute atomic E-state index is 0.0704. The number of carbonyl (C=O) groups is 1. The quantitative estimate of drug-likeness (QED) is 0.786. The van der Waals surface area contributed by atoms with Crippen LogP contribution in [0.5, 0.6) is 17.2 Å². The van der Waals surface area contributed by atoms with Gasteiger partial charge in [-0.3, -0.25) is 4.79 Å². The molecule has 5 nitrogen and oxygen atoms in total. The number of carbonyl (C=O) groups excluding carboxylic acids is 1. The topological polar surface area (TPSA) is 57.1 Å². The number of benzene rings is 1. The van der Waals surface area contributed by atoms with E-state index in [1.165, 1.54) is 11.8 Å². The second kappa shape index (κ2) is 6.97. The first-order valence-electron chi connectivity index (χ1n) is 7.32. The summed E-state index contributed by atoms with van der Waals surface area (Å²) in [5.74, 6) is 1.37. The molecule has 3 rings (SSSR count). The summed E-state index contributed by atoms with van der Waals surface area (Å²) in [5.41, 5.74) is 1.57. The summed E-state index contributed by atoms with van der Waals surface area (Å²) in [7, 11) is 4.67. The van der Waals surface area contributed by atoms with Gasteiger partial charge >= 0.3 is 0 Å². The van der Waals surface area contributed by atoms with E-state index in [-0.39, 0.29) is 11.2 Å². The van der Waals surface area contributed by atoms with Crippen LogP contribution in [-0.4, -0.2) is 38.2 Å². The van der Waals surface area contributed by atoms with Gasteiger partial charge in [0.25, 0.3) is 5.91 Å². The van der Waals surface area contributed by atoms with Crippen molar-refractivity contribution >= 4 is 29.5 Å². The summed E-state index contributed by atoms with van der Waals surface area (Å²) in [5, 5.41) is 0.0704. The van der Waals surface area contributed by atoms with Crippen LogP contribution < -0.4 is 14.2 Å². The highest BCUT2D eigenvalue weighted by Gasteiger charge is 2.26. The third kappa shape index (κ3) is 3.10. The molecule has 0 N–H and O–H groups in total. The maximum Gasteiger partial charge on any atom is 0.283 e. The Hall–Kier alpha value is -2.47. The largest absolute Gasteiger partial charge is 0.493 e. The number of fused-ring (bicyclic) bond motifs is 1. The Bertz CT molecular complexity index is 767. The molecule has 0 fully saturated rings. The summed E-state index contributed by atoms with van der Waals surface area (Å²) in [6.45, 7) is 0. The van der Waals surface area contributed by atoms with Crippen molar-refractivity contribution in [2.75, 3.05) is 21.3 Å². The molecule has 0 saturated carbocycles. The normalized spacial score (nSPS) is 20.6. The smallest absolute Gasteiger partial charge is 0.283 e. The molecule has 1 heterocycles. The van der Waals surface area contributed by atoms with Crippen molar-refractivity contribution in [3.05, 3.63) is 46.9 Å². The minimum Gasteiger partial charge on any atom is -0.493 e. The Morgan fingerprint density at radius 1 is 1.08 bits per heavy atom. The fraction of sp³-hybridized carbons (Fsp3) is 0.222. The SMILES string of the molecule is COc1cc(/C=C2/SC3C=CC=CC3=NC2=O)cc(OC)c1OC. The molecule has 1 aromatic rings. The lowest BCUT2D eigenvalue weighted by Gasteiger charge is -2.20. The molecule has 1 unspecified atom stereocenters. The lowest BCUT2D eigenvalue weighted by Crippen LogP contribution is -2.22. The number of amides is 1. The van der Waals surface area contributed by atoms with Crippen LogP contribution in [0, 0.1) is 0 Å².